The second-order valence-electron chi connectivity index (χ2n) is 2.59. The molecule has 64 valence electrons. The molecule has 3 heteroatoms. The molecule has 1 rings (SSSR count). The summed E-state index contributed by atoms with van der Waals surface area (Å²) < 4.78 is 13.0. The SMILES string of the molecule is CC(C=O)c1ccc(Cl)cc1F. The number of hydrogen-bond acceptors (Lipinski definition) is 1. The van der Waals surface area contributed by atoms with Gasteiger partial charge in [0.2, 0.25) is 0 Å². The van der Waals surface area contributed by atoms with E-state index < -0.39 is 11.7 Å². The van der Waals surface area contributed by atoms with Gasteiger partial charge >= 0.3 is 0 Å². The first-order valence-corrected chi connectivity index (χ1v) is 3.93. The van der Waals surface area contributed by atoms with Gasteiger partial charge in [0.1, 0.15) is 12.1 Å². The van der Waals surface area contributed by atoms with Crippen molar-refractivity contribution in [1.82, 2.24) is 0 Å². The fourth-order valence-electron chi connectivity index (χ4n) is 0.944. The van der Waals surface area contributed by atoms with Crippen LogP contribution in [0.1, 0.15) is 18.4 Å². The monoisotopic (exact) mass is 186 g/mol. The van der Waals surface area contributed by atoms with E-state index in [1.807, 2.05) is 0 Å². The van der Waals surface area contributed by atoms with Crippen molar-refractivity contribution < 1.29 is 9.18 Å². The van der Waals surface area contributed by atoms with Gasteiger partial charge in [-0.2, -0.15) is 0 Å². The Hall–Kier alpha value is -0.890. The first-order chi connectivity index (χ1) is 5.65. The van der Waals surface area contributed by atoms with Crippen molar-refractivity contribution in [2.24, 2.45) is 0 Å². The summed E-state index contributed by atoms with van der Waals surface area (Å²) in [6, 6.07) is 4.30. The van der Waals surface area contributed by atoms with Crippen LogP contribution in [0.3, 0.4) is 0 Å². The maximum Gasteiger partial charge on any atom is 0.128 e. The molecule has 0 amide bonds. The highest BCUT2D eigenvalue weighted by atomic mass is 35.5. The molecular formula is C9H8ClFO. The topological polar surface area (TPSA) is 17.1 Å². The van der Waals surface area contributed by atoms with Gasteiger partial charge in [0.05, 0.1) is 0 Å². The second-order valence-corrected chi connectivity index (χ2v) is 3.03. The summed E-state index contributed by atoms with van der Waals surface area (Å²) >= 11 is 5.54. The van der Waals surface area contributed by atoms with Gasteiger partial charge in [-0.25, -0.2) is 4.39 Å². The Bertz CT molecular complexity index is 299. The molecule has 0 aromatic heterocycles. The number of hydrogen-bond donors (Lipinski definition) is 0. The highest BCUT2D eigenvalue weighted by Gasteiger charge is 2.09. The molecule has 1 nitrogen and oxygen atoms in total. The predicted octanol–water partition coefficient (Wildman–Crippen LogP) is 2.78. The van der Waals surface area contributed by atoms with Crippen molar-refractivity contribution in [3.63, 3.8) is 0 Å². The molecule has 0 saturated heterocycles. The molecular weight excluding hydrogens is 179 g/mol. The molecule has 0 aliphatic carbocycles. The molecule has 0 aliphatic rings. The zero-order chi connectivity index (χ0) is 9.14. The maximum atomic E-state index is 13.0. The van der Waals surface area contributed by atoms with E-state index in [0.29, 0.717) is 16.9 Å². The smallest absolute Gasteiger partial charge is 0.128 e. The predicted molar refractivity (Wildman–Crippen MR) is 45.9 cm³/mol. The van der Waals surface area contributed by atoms with E-state index in [9.17, 15) is 9.18 Å². The maximum absolute atomic E-state index is 13.0. The Labute approximate surface area is 75.2 Å². The van der Waals surface area contributed by atoms with Crippen molar-refractivity contribution in [2.45, 2.75) is 12.8 Å². The van der Waals surface area contributed by atoms with E-state index in [0.717, 1.165) is 0 Å². The van der Waals surface area contributed by atoms with Gasteiger partial charge in [-0.3, -0.25) is 0 Å². The highest BCUT2D eigenvalue weighted by Crippen LogP contribution is 2.20. The van der Waals surface area contributed by atoms with Crippen LogP contribution < -0.4 is 0 Å². The Morgan fingerprint density at radius 2 is 2.25 bits per heavy atom. The van der Waals surface area contributed by atoms with Crippen molar-refractivity contribution in [3.8, 4) is 0 Å². The van der Waals surface area contributed by atoms with E-state index in [2.05, 4.69) is 0 Å². The van der Waals surface area contributed by atoms with Crippen LogP contribution in [0.4, 0.5) is 4.39 Å². The molecule has 12 heavy (non-hydrogen) atoms. The summed E-state index contributed by atoms with van der Waals surface area (Å²) in [5, 5.41) is 0.342. The third kappa shape index (κ3) is 1.83. The lowest BCUT2D eigenvalue weighted by Crippen LogP contribution is -1.97. The molecule has 0 heterocycles. The van der Waals surface area contributed by atoms with Crippen molar-refractivity contribution >= 4 is 17.9 Å². The summed E-state index contributed by atoms with van der Waals surface area (Å²) in [6.45, 7) is 1.64. The number of halogens is 2. The largest absolute Gasteiger partial charge is 0.303 e. The summed E-state index contributed by atoms with van der Waals surface area (Å²) in [4.78, 5) is 10.3. The lowest BCUT2D eigenvalue weighted by molar-refractivity contribution is -0.108. The van der Waals surface area contributed by atoms with E-state index >= 15 is 0 Å². The zero-order valence-corrected chi connectivity index (χ0v) is 7.31. The van der Waals surface area contributed by atoms with Gasteiger partial charge in [0.15, 0.2) is 0 Å². The number of aldehydes is 1. The molecule has 1 aromatic carbocycles. The molecule has 0 saturated carbocycles. The van der Waals surface area contributed by atoms with Crippen LogP contribution in [0, 0.1) is 5.82 Å². The van der Waals surface area contributed by atoms with E-state index in [1.54, 1.807) is 13.0 Å². The zero-order valence-electron chi connectivity index (χ0n) is 6.55. The van der Waals surface area contributed by atoms with Crippen molar-refractivity contribution in [3.05, 3.63) is 34.6 Å². The summed E-state index contributed by atoms with van der Waals surface area (Å²) in [6.07, 6.45) is 0.701. The van der Waals surface area contributed by atoms with E-state index in [-0.39, 0.29) is 0 Å². The third-order valence-corrected chi connectivity index (χ3v) is 1.89. The van der Waals surface area contributed by atoms with Crippen LogP contribution in [-0.2, 0) is 4.79 Å². The summed E-state index contributed by atoms with van der Waals surface area (Å²) in [5.74, 6) is -0.843. The van der Waals surface area contributed by atoms with Gasteiger partial charge in [-0.1, -0.05) is 24.6 Å². The molecule has 1 unspecified atom stereocenters. The minimum absolute atomic E-state index is 0.342. The molecule has 0 radical (unpaired) electrons. The first-order valence-electron chi connectivity index (χ1n) is 3.55. The molecule has 0 bridgehead atoms. The highest BCUT2D eigenvalue weighted by molar-refractivity contribution is 6.30. The Balaban J connectivity index is 3.09. The second kappa shape index (κ2) is 3.68. The Kier molecular flexibility index (Phi) is 2.82. The summed E-state index contributed by atoms with van der Waals surface area (Å²) in [7, 11) is 0. The molecule has 1 atom stereocenters. The molecule has 0 spiro atoms. The Morgan fingerprint density at radius 1 is 1.58 bits per heavy atom. The quantitative estimate of drug-likeness (QED) is 0.650. The van der Waals surface area contributed by atoms with E-state index in [4.69, 9.17) is 11.6 Å². The van der Waals surface area contributed by atoms with Gasteiger partial charge < -0.3 is 4.79 Å². The minimum Gasteiger partial charge on any atom is -0.303 e. The molecule has 0 aliphatic heterocycles. The van der Waals surface area contributed by atoms with Crippen LogP contribution in [-0.4, -0.2) is 6.29 Å². The number of benzene rings is 1. The number of carbonyl (C=O) groups excluding carboxylic acids is 1. The lowest BCUT2D eigenvalue weighted by Gasteiger charge is -2.04. The van der Waals surface area contributed by atoms with Crippen molar-refractivity contribution in [2.75, 3.05) is 0 Å². The standard InChI is InChI=1S/C9H8ClFO/c1-6(5-12)8-3-2-7(10)4-9(8)11/h2-6H,1H3. The molecule has 1 aromatic rings. The third-order valence-electron chi connectivity index (χ3n) is 1.66. The molecule has 0 N–H and O–H groups in total. The van der Waals surface area contributed by atoms with Crippen LogP contribution in [0.2, 0.25) is 5.02 Å². The van der Waals surface area contributed by atoms with Crippen LogP contribution >= 0.6 is 11.6 Å². The van der Waals surface area contributed by atoms with Gasteiger partial charge in [-0.05, 0) is 17.7 Å². The fraction of sp³-hybridized carbons (Fsp3) is 0.222. The van der Waals surface area contributed by atoms with E-state index in [1.165, 1.54) is 12.1 Å². The molecule has 0 fully saturated rings. The average molecular weight is 187 g/mol. The van der Waals surface area contributed by atoms with Gasteiger partial charge in [0.25, 0.3) is 0 Å². The summed E-state index contributed by atoms with van der Waals surface area (Å²) in [5.41, 5.74) is 0.384. The minimum atomic E-state index is -0.429. The lowest BCUT2D eigenvalue weighted by atomic mass is 10.0. The first kappa shape index (κ1) is 9.20. The normalized spacial score (nSPS) is 12.6. The number of carbonyl (C=O) groups is 1. The van der Waals surface area contributed by atoms with Gasteiger partial charge in [-0.15, -0.1) is 0 Å². The number of rotatable bonds is 2. The van der Waals surface area contributed by atoms with Crippen LogP contribution in [0.15, 0.2) is 18.2 Å². The van der Waals surface area contributed by atoms with Crippen LogP contribution in [0.25, 0.3) is 0 Å². The average Bonchev–Trinajstić information content (AvgIpc) is 2.03. The fourth-order valence-corrected chi connectivity index (χ4v) is 1.10. The Morgan fingerprint density at radius 3 is 2.75 bits per heavy atom. The van der Waals surface area contributed by atoms with Crippen LogP contribution in [0.5, 0.6) is 0 Å². The van der Waals surface area contributed by atoms with Crippen molar-refractivity contribution in [1.29, 1.82) is 0 Å². The van der Waals surface area contributed by atoms with Gasteiger partial charge in [0, 0.05) is 10.9 Å².